The summed E-state index contributed by atoms with van der Waals surface area (Å²) in [5.74, 6) is 2.19. The third kappa shape index (κ3) is 5.88. The van der Waals surface area contributed by atoms with Crippen molar-refractivity contribution in [2.45, 2.75) is 44.8 Å². The molecule has 1 atom stereocenters. The Labute approximate surface area is 159 Å². The molecule has 0 aliphatic carbocycles. The Hall–Kier alpha value is -0.0200. The summed E-state index contributed by atoms with van der Waals surface area (Å²) in [6.07, 6.45) is 3.63. The number of guanidine groups is 1. The molecule has 2 rings (SSSR count). The number of aliphatic imine (C=N–C) groups is 1. The molecule has 0 spiro atoms. The number of rotatable bonds is 5. The van der Waals surface area contributed by atoms with Crippen LogP contribution in [0.5, 0.6) is 0 Å². The average molecular weight is 454 g/mol. The van der Waals surface area contributed by atoms with Gasteiger partial charge in [0.25, 0.3) is 0 Å². The van der Waals surface area contributed by atoms with Gasteiger partial charge in [-0.25, -0.2) is 4.98 Å². The molecular weight excluding hydrogens is 427 g/mol. The summed E-state index contributed by atoms with van der Waals surface area (Å²) in [4.78, 5) is 10.1. The number of nitrogens with zero attached hydrogens (tertiary/aromatic N) is 2. The lowest BCUT2D eigenvalue weighted by Gasteiger charge is -2.24. The Morgan fingerprint density at radius 3 is 2.68 bits per heavy atom. The fourth-order valence-corrected chi connectivity index (χ4v) is 4.75. The first-order valence-corrected chi connectivity index (χ1v) is 9.34. The molecule has 0 saturated carbocycles. The standard InChI is InChI=1S/C15H26N4S2.HI/c1-11-13(21-12(2)19-11)6-8-17-14(16-4)18-10-15(3)7-5-9-20-15;/h5-10H2,1-4H3,(H2,16,17,18);1H. The van der Waals surface area contributed by atoms with Gasteiger partial charge >= 0.3 is 0 Å². The van der Waals surface area contributed by atoms with E-state index in [0.717, 1.165) is 36.2 Å². The lowest BCUT2D eigenvalue weighted by molar-refractivity contribution is 0.584. The van der Waals surface area contributed by atoms with Crippen LogP contribution >= 0.6 is 47.1 Å². The van der Waals surface area contributed by atoms with Gasteiger partial charge in [-0.05, 0) is 39.4 Å². The van der Waals surface area contributed by atoms with E-state index in [9.17, 15) is 0 Å². The van der Waals surface area contributed by atoms with Crippen LogP contribution in [0.3, 0.4) is 0 Å². The molecule has 1 fully saturated rings. The Kier molecular flexibility index (Phi) is 8.48. The molecule has 2 N–H and O–H groups in total. The van der Waals surface area contributed by atoms with Gasteiger partial charge < -0.3 is 10.6 Å². The minimum Gasteiger partial charge on any atom is -0.356 e. The van der Waals surface area contributed by atoms with Crippen LogP contribution in [0.25, 0.3) is 0 Å². The van der Waals surface area contributed by atoms with Crippen molar-refractivity contribution in [3.63, 3.8) is 0 Å². The molecular formula is C15H27IN4S2. The van der Waals surface area contributed by atoms with Gasteiger partial charge in [-0.15, -0.1) is 35.3 Å². The first kappa shape index (κ1) is 20.0. The maximum absolute atomic E-state index is 4.47. The monoisotopic (exact) mass is 454 g/mol. The summed E-state index contributed by atoms with van der Waals surface area (Å²) >= 11 is 3.86. The van der Waals surface area contributed by atoms with E-state index >= 15 is 0 Å². The van der Waals surface area contributed by atoms with E-state index in [2.05, 4.69) is 53.1 Å². The van der Waals surface area contributed by atoms with E-state index < -0.39 is 0 Å². The van der Waals surface area contributed by atoms with Crippen molar-refractivity contribution in [3.05, 3.63) is 15.6 Å². The summed E-state index contributed by atoms with van der Waals surface area (Å²) in [5.41, 5.74) is 1.16. The third-order valence-electron chi connectivity index (χ3n) is 3.80. The zero-order valence-electron chi connectivity index (χ0n) is 13.9. The highest BCUT2D eigenvalue weighted by Gasteiger charge is 2.29. The highest BCUT2D eigenvalue weighted by Crippen LogP contribution is 2.36. The maximum atomic E-state index is 4.47. The van der Waals surface area contributed by atoms with Crippen molar-refractivity contribution < 1.29 is 0 Å². The van der Waals surface area contributed by atoms with E-state index in [1.807, 2.05) is 7.05 Å². The summed E-state index contributed by atoms with van der Waals surface area (Å²) in [6, 6.07) is 0. The Morgan fingerprint density at radius 2 is 2.14 bits per heavy atom. The topological polar surface area (TPSA) is 49.3 Å². The van der Waals surface area contributed by atoms with Crippen molar-refractivity contribution in [2.75, 3.05) is 25.9 Å². The number of aromatic nitrogens is 1. The van der Waals surface area contributed by atoms with Gasteiger partial charge in [-0.2, -0.15) is 11.8 Å². The van der Waals surface area contributed by atoms with Crippen LogP contribution in [-0.2, 0) is 6.42 Å². The van der Waals surface area contributed by atoms with Crippen LogP contribution in [0.15, 0.2) is 4.99 Å². The zero-order chi connectivity index (χ0) is 15.3. The Balaban J connectivity index is 0.00000242. The van der Waals surface area contributed by atoms with Gasteiger partial charge in [0.15, 0.2) is 5.96 Å². The van der Waals surface area contributed by atoms with Crippen LogP contribution in [0, 0.1) is 13.8 Å². The molecule has 1 aromatic heterocycles. The summed E-state index contributed by atoms with van der Waals surface area (Å²) in [6.45, 7) is 8.37. The number of thiazole rings is 1. The largest absolute Gasteiger partial charge is 0.356 e. The van der Waals surface area contributed by atoms with Crippen molar-refractivity contribution in [1.29, 1.82) is 0 Å². The third-order valence-corrected chi connectivity index (χ3v) is 6.47. The maximum Gasteiger partial charge on any atom is 0.191 e. The predicted molar refractivity (Wildman–Crippen MR) is 110 cm³/mol. The molecule has 1 unspecified atom stereocenters. The number of aryl methyl sites for hydroxylation is 2. The number of nitrogens with one attached hydrogen (secondary N) is 2. The van der Waals surface area contributed by atoms with Gasteiger partial charge in [0, 0.05) is 36.2 Å². The molecule has 1 aliphatic rings. The molecule has 0 radical (unpaired) electrons. The molecule has 0 bridgehead atoms. The number of hydrogen-bond acceptors (Lipinski definition) is 4. The molecule has 0 aromatic carbocycles. The van der Waals surface area contributed by atoms with E-state index in [1.54, 1.807) is 11.3 Å². The van der Waals surface area contributed by atoms with Gasteiger partial charge in [-0.3, -0.25) is 4.99 Å². The predicted octanol–water partition coefficient (Wildman–Crippen LogP) is 3.37. The fourth-order valence-electron chi connectivity index (χ4n) is 2.57. The molecule has 22 heavy (non-hydrogen) atoms. The Morgan fingerprint density at radius 1 is 1.36 bits per heavy atom. The molecule has 4 nitrogen and oxygen atoms in total. The summed E-state index contributed by atoms with van der Waals surface area (Å²) in [7, 11) is 1.83. The minimum atomic E-state index is 0. The molecule has 0 amide bonds. The van der Waals surface area contributed by atoms with Crippen molar-refractivity contribution >= 4 is 53.0 Å². The average Bonchev–Trinajstić information content (AvgIpc) is 3.00. The quantitative estimate of drug-likeness (QED) is 0.407. The second-order valence-electron chi connectivity index (χ2n) is 5.75. The summed E-state index contributed by atoms with van der Waals surface area (Å²) < 4.78 is 0.364. The number of thioether (sulfide) groups is 1. The van der Waals surface area contributed by atoms with Crippen LogP contribution < -0.4 is 10.6 Å². The van der Waals surface area contributed by atoms with E-state index in [0.29, 0.717) is 4.75 Å². The van der Waals surface area contributed by atoms with Crippen LogP contribution in [-0.4, -0.2) is 41.6 Å². The zero-order valence-corrected chi connectivity index (χ0v) is 17.8. The first-order valence-electron chi connectivity index (χ1n) is 7.54. The van der Waals surface area contributed by atoms with E-state index in [4.69, 9.17) is 0 Å². The van der Waals surface area contributed by atoms with Crippen molar-refractivity contribution in [1.82, 2.24) is 15.6 Å². The SMILES string of the molecule is CN=C(NCCc1sc(C)nc1C)NCC1(C)CCCS1.I. The lowest BCUT2D eigenvalue weighted by Crippen LogP contribution is -2.44. The van der Waals surface area contributed by atoms with Crippen LogP contribution in [0.1, 0.15) is 35.3 Å². The van der Waals surface area contributed by atoms with Gasteiger partial charge in [0.1, 0.15) is 0 Å². The highest BCUT2D eigenvalue weighted by molar-refractivity contribution is 14.0. The van der Waals surface area contributed by atoms with Crippen molar-refractivity contribution in [3.8, 4) is 0 Å². The minimum absolute atomic E-state index is 0. The van der Waals surface area contributed by atoms with Gasteiger partial charge in [-0.1, -0.05) is 0 Å². The molecule has 126 valence electrons. The second-order valence-corrected chi connectivity index (χ2v) is 8.72. The lowest BCUT2D eigenvalue weighted by atomic mass is 10.1. The highest BCUT2D eigenvalue weighted by atomic mass is 127. The molecule has 1 saturated heterocycles. The molecule has 1 aliphatic heterocycles. The van der Waals surface area contributed by atoms with Gasteiger partial charge in [0.2, 0.25) is 0 Å². The van der Waals surface area contributed by atoms with Gasteiger partial charge in [0.05, 0.1) is 10.7 Å². The van der Waals surface area contributed by atoms with E-state index in [1.165, 1.54) is 23.5 Å². The van der Waals surface area contributed by atoms with E-state index in [-0.39, 0.29) is 24.0 Å². The normalized spacial score (nSPS) is 21.5. The molecule has 7 heteroatoms. The first-order chi connectivity index (χ1) is 10.0. The number of hydrogen-bond donors (Lipinski definition) is 2. The van der Waals surface area contributed by atoms with Crippen LogP contribution in [0.4, 0.5) is 0 Å². The van der Waals surface area contributed by atoms with Crippen LogP contribution in [0.2, 0.25) is 0 Å². The van der Waals surface area contributed by atoms with Crippen molar-refractivity contribution in [2.24, 2.45) is 4.99 Å². The number of halogens is 1. The fraction of sp³-hybridized carbons (Fsp3) is 0.733. The molecule has 2 heterocycles. The second kappa shape index (κ2) is 9.32. The smallest absolute Gasteiger partial charge is 0.191 e. The molecule has 1 aromatic rings. The summed E-state index contributed by atoms with van der Waals surface area (Å²) in [5, 5.41) is 8.02. The Bertz CT molecular complexity index is 496.